The molecule has 9 nitrogen and oxygen atoms in total. The Morgan fingerprint density at radius 3 is 2.43 bits per heavy atom. The smallest absolute Gasteiger partial charge is 0.282 e. The molecule has 0 spiro atoms. The highest BCUT2D eigenvalue weighted by molar-refractivity contribution is 6.08. The molecule has 35 heavy (non-hydrogen) atoms. The van der Waals surface area contributed by atoms with E-state index >= 15 is 0 Å². The number of rotatable bonds is 6. The van der Waals surface area contributed by atoms with Crippen LogP contribution in [0.1, 0.15) is 40.6 Å². The van der Waals surface area contributed by atoms with Gasteiger partial charge in [-0.3, -0.25) is 9.59 Å². The number of nitrogens with one attached hydrogen (secondary N) is 1. The average molecular weight is 466 g/mol. The molecule has 2 heterocycles. The molecule has 0 aliphatic carbocycles. The predicted octanol–water partition coefficient (Wildman–Crippen LogP) is 3.84. The van der Waals surface area contributed by atoms with Gasteiger partial charge in [0.2, 0.25) is 11.8 Å². The number of amides is 1. The standard InChI is InChI=1S/C26H23N7O2/c1-2-3-15-28-24(34)22-21(29-19-13-6-7-14-20(19)30-22)23-31-26(27)33(32-23)25(35)18-12-8-10-16-9-4-5-11-17(16)18/h4-14H,2-3,15H2,1H3,(H,28,34)(H2,27,31,32). The molecule has 3 aromatic carbocycles. The maximum absolute atomic E-state index is 13.4. The average Bonchev–Trinajstić information content (AvgIpc) is 3.28. The normalized spacial score (nSPS) is 11.1. The van der Waals surface area contributed by atoms with Crippen LogP contribution in [0.15, 0.2) is 66.7 Å². The summed E-state index contributed by atoms with van der Waals surface area (Å²) in [5, 5.41) is 8.92. The number of para-hydroxylation sites is 2. The summed E-state index contributed by atoms with van der Waals surface area (Å²) in [6, 6.07) is 20.2. The second-order valence-corrected chi connectivity index (χ2v) is 8.06. The molecule has 5 aromatic rings. The molecule has 0 bridgehead atoms. The molecule has 1 amide bonds. The zero-order valence-corrected chi connectivity index (χ0v) is 19.1. The maximum atomic E-state index is 13.4. The molecular formula is C26H23N7O2. The number of hydrogen-bond donors (Lipinski definition) is 2. The highest BCUT2D eigenvalue weighted by Gasteiger charge is 2.24. The van der Waals surface area contributed by atoms with Gasteiger partial charge >= 0.3 is 0 Å². The van der Waals surface area contributed by atoms with Crippen LogP contribution in [0.5, 0.6) is 0 Å². The van der Waals surface area contributed by atoms with Gasteiger partial charge in [0.15, 0.2) is 5.69 Å². The lowest BCUT2D eigenvalue weighted by molar-refractivity contribution is 0.0942. The number of carbonyl (C=O) groups excluding carboxylic acids is 2. The Morgan fingerprint density at radius 2 is 1.63 bits per heavy atom. The molecular weight excluding hydrogens is 442 g/mol. The lowest BCUT2D eigenvalue weighted by atomic mass is 10.0. The zero-order chi connectivity index (χ0) is 24.4. The lowest BCUT2D eigenvalue weighted by Crippen LogP contribution is -2.26. The number of aromatic nitrogens is 5. The number of fused-ring (bicyclic) bond motifs is 2. The molecule has 174 valence electrons. The largest absolute Gasteiger partial charge is 0.368 e. The monoisotopic (exact) mass is 465 g/mol. The maximum Gasteiger partial charge on any atom is 0.282 e. The van der Waals surface area contributed by atoms with E-state index in [1.54, 1.807) is 24.3 Å². The first-order chi connectivity index (χ1) is 17.1. The molecule has 0 aliphatic heterocycles. The topological polar surface area (TPSA) is 129 Å². The molecule has 0 saturated carbocycles. The van der Waals surface area contributed by atoms with E-state index in [0.29, 0.717) is 23.1 Å². The van der Waals surface area contributed by atoms with E-state index in [2.05, 4.69) is 25.4 Å². The van der Waals surface area contributed by atoms with E-state index in [1.807, 2.05) is 49.4 Å². The van der Waals surface area contributed by atoms with E-state index in [-0.39, 0.29) is 29.1 Å². The Hall–Kier alpha value is -4.66. The fourth-order valence-corrected chi connectivity index (χ4v) is 3.88. The van der Waals surface area contributed by atoms with Crippen LogP contribution in [0.4, 0.5) is 5.95 Å². The summed E-state index contributed by atoms with van der Waals surface area (Å²) in [6.45, 7) is 2.55. The van der Waals surface area contributed by atoms with Crippen molar-refractivity contribution >= 4 is 39.6 Å². The van der Waals surface area contributed by atoms with Crippen molar-refractivity contribution in [3.8, 4) is 11.5 Å². The second-order valence-electron chi connectivity index (χ2n) is 8.06. The predicted molar refractivity (Wildman–Crippen MR) is 134 cm³/mol. The minimum atomic E-state index is -0.430. The first kappa shape index (κ1) is 22.1. The molecule has 2 aromatic heterocycles. The first-order valence-corrected chi connectivity index (χ1v) is 11.4. The molecule has 0 saturated heterocycles. The van der Waals surface area contributed by atoms with Gasteiger partial charge in [0.25, 0.3) is 11.8 Å². The molecule has 9 heteroatoms. The highest BCUT2D eigenvalue weighted by atomic mass is 16.2. The fraction of sp³-hybridized carbons (Fsp3) is 0.154. The van der Waals surface area contributed by atoms with Gasteiger partial charge in [0, 0.05) is 12.1 Å². The van der Waals surface area contributed by atoms with E-state index in [9.17, 15) is 9.59 Å². The Balaban J connectivity index is 1.60. The van der Waals surface area contributed by atoms with Crippen molar-refractivity contribution in [3.63, 3.8) is 0 Å². The summed E-state index contributed by atoms with van der Waals surface area (Å²) in [6.07, 6.45) is 1.77. The SMILES string of the molecule is CCCCNC(=O)c1nc2ccccc2nc1-c1nc(N)n(C(=O)c2cccc3ccccc23)n1. The van der Waals surface area contributed by atoms with E-state index < -0.39 is 5.91 Å². The fourth-order valence-electron chi connectivity index (χ4n) is 3.88. The Bertz CT molecular complexity index is 1570. The molecule has 0 aliphatic rings. The Morgan fingerprint density at radius 1 is 0.914 bits per heavy atom. The van der Waals surface area contributed by atoms with Gasteiger partial charge in [0.1, 0.15) is 5.69 Å². The molecule has 3 N–H and O–H groups in total. The third kappa shape index (κ3) is 4.19. The quantitative estimate of drug-likeness (QED) is 0.365. The number of unbranched alkanes of at least 4 members (excludes halogenated alkanes) is 1. The summed E-state index contributed by atoms with van der Waals surface area (Å²) in [4.78, 5) is 39.8. The van der Waals surface area contributed by atoms with Crippen LogP contribution >= 0.6 is 0 Å². The van der Waals surface area contributed by atoms with Crippen molar-refractivity contribution in [2.75, 3.05) is 12.3 Å². The first-order valence-electron chi connectivity index (χ1n) is 11.4. The minimum Gasteiger partial charge on any atom is -0.368 e. The number of hydrogen-bond acceptors (Lipinski definition) is 7. The highest BCUT2D eigenvalue weighted by Crippen LogP contribution is 2.24. The van der Waals surface area contributed by atoms with Crippen molar-refractivity contribution in [2.24, 2.45) is 0 Å². The number of carbonyl (C=O) groups is 2. The van der Waals surface area contributed by atoms with Gasteiger partial charge < -0.3 is 11.1 Å². The van der Waals surface area contributed by atoms with Crippen molar-refractivity contribution in [1.29, 1.82) is 0 Å². The van der Waals surface area contributed by atoms with Crippen LogP contribution in [-0.4, -0.2) is 43.1 Å². The van der Waals surface area contributed by atoms with Crippen LogP contribution in [0.25, 0.3) is 33.3 Å². The number of nitrogen functional groups attached to an aromatic ring is 1. The van der Waals surface area contributed by atoms with Crippen LogP contribution in [0.3, 0.4) is 0 Å². The third-order valence-corrected chi connectivity index (χ3v) is 5.66. The Kier molecular flexibility index (Phi) is 5.88. The van der Waals surface area contributed by atoms with Crippen molar-refractivity contribution in [2.45, 2.75) is 19.8 Å². The number of benzene rings is 3. The molecule has 5 rings (SSSR count). The molecule has 0 unspecified atom stereocenters. The van der Waals surface area contributed by atoms with Crippen molar-refractivity contribution < 1.29 is 9.59 Å². The van der Waals surface area contributed by atoms with Crippen LogP contribution < -0.4 is 11.1 Å². The summed E-state index contributed by atoms with van der Waals surface area (Å²) in [5.41, 5.74) is 7.93. The summed E-state index contributed by atoms with van der Waals surface area (Å²) >= 11 is 0. The van der Waals surface area contributed by atoms with E-state index in [1.165, 1.54) is 0 Å². The molecule has 0 fully saturated rings. The minimum absolute atomic E-state index is 0.0509. The molecule has 0 radical (unpaired) electrons. The lowest BCUT2D eigenvalue weighted by Gasteiger charge is -2.08. The number of nitrogens with zero attached hydrogens (tertiary/aromatic N) is 5. The van der Waals surface area contributed by atoms with Gasteiger partial charge in [-0.05, 0) is 35.4 Å². The zero-order valence-electron chi connectivity index (χ0n) is 19.1. The summed E-state index contributed by atoms with van der Waals surface area (Å²) in [5.74, 6) is -0.872. The van der Waals surface area contributed by atoms with Gasteiger partial charge in [-0.25, -0.2) is 9.97 Å². The van der Waals surface area contributed by atoms with Gasteiger partial charge in [-0.15, -0.1) is 5.10 Å². The van der Waals surface area contributed by atoms with Crippen LogP contribution in [0.2, 0.25) is 0 Å². The van der Waals surface area contributed by atoms with Gasteiger partial charge in [-0.2, -0.15) is 9.67 Å². The van der Waals surface area contributed by atoms with Crippen molar-refractivity contribution in [3.05, 3.63) is 78.0 Å². The van der Waals surface area contributed by atoms with E-state index in [0.717, 1.165) is 28.3 Å². The van der Waals surface area contributed by atoms with Gasteiger partial charge in [-0.1, -0.05) is 61.9 Å². The van der Waals surface area contributed by atoms with Gasteiger partial charge in [0.05, 0.1) is 11.0 Å². The van der Waals surface area contributed by atoms with Crippen molar-refractivity contribution in [1.82, 2.24) is 30.0 Å². The number of anilines is 1. The second kappa shape index (κ2) is 9.30. The number of nitrogens with two attached hydrogens (primary N) is 1. The summed E-state index contributed by atoms with van der Waals surface area (Å²) in [7, 11) is 0. The summed E-state index contributed by atoms with van der Waals surface area (Å²) < 4.78 is 1.03. The van der Waals surface area contributed by atoms with E-state index in [4.69, 9.17) is 5.73 Å². The van der Waals surface area contributed by atoms with Crippen LogP contribution in [0, 0.1) is 0 Å². The Labute approximate surface area is 201 Å². The molecule has 0 atom stereocenters. The third-order valence-electron chi connectivity index (χ3n) is 5.66. The van der Waals surface area contributed by atoms with Crippen LogP contribution in [-0.2, 0) is 0 Å².